The van der Waals surface area contributed by atoms with Crippen LogP contribution in [0, 0.1) is 11.2 Å². The van der Waals surface area contributed by atoms with Crippen molar-refractivity contribution in [3.8, 4) is 11.2 Å². The number of sulfone groups is 1. The highest BCUT2D eigenvalue weighted by atomic mass is 79.9. The van der Waals surface area contributed by atoms with Crippen LogP contribution in [0.15, 0.2) is 0 Å². The minimum absolute atomic E-state index is 0.0703. The highest BCUT2D eigenvalue weighted by Gasteiger charge is 1.99. The van der Waals surface area contributed by atoms with Crippen LogP contribution < -0.4 is 0 Å². The lowest BCUT2D eigenvalue weighted by molar-refractivity contribution is 0.610. The Morgan fingerprint density at radius 3 is 2.55 bits per heavy atom. The molecular formula is C7H11BrO2S. The molecule has 4 heteroatoms. The second-order valence-corrected chi connectivity index (χ2v) is 5.13. The van der Waals surface area contributed by atoms with Crippen LogP contribution in [-0.2, 0) is 9.84 Å². The zero-order valence-corrected chi connectivity index (χ0v) is 8.83. The monoisotopic (exact) mass is 238 g/mol. The summed E-state index contributed by atoms with van der Waals surface area (Å²) in [6.07, 6.45) is 2.68. The van der Waals surface area contributed by atoms with Crippen LogP contribution in [0.4, 0.5) is 0 Å². The maximum Gasteiger partial charge on any atom is 0.226 e. The molecule has 0 rings (SSSR count). The molecule has 0 aromatic carbocycles. The van der Waals surface area contributed by atoms with Crippen molar-refractivity contribution in [2.75, 3.05) is 4.66 Å². The van der Waals surface area contributed by atoms with E-state index >= 15 is 0 Å². The smallest absolute Gasteiger partial charge is 0.215 e. The van der Waals surface area contributed by atoms with E-state index in [9.17, 15) is 8.42 Å². The fourth-order valence-electron chi connectivity index (χ4n) is 0.453. The van der Waals surface area contributed by atoms with Crippen molar-refractivity contribution >= 4 is 25.8 Å². The first kappa shape index (κ1) is 11.0. The van der Waals surface area contributed by atoms with E-state index in [0.29, 0.717) is 6.42 Å². The van der Waals surface area contributed by atoms with Gasteiger partial charge in [0.05, 0.1) is 0 Å². The summed E-state index contributed by atoms with van der Waals surface area (Å²) in [5.74, 6) is 2.61. The van der Waals surface area contributed by atoms with E-state index < -0.39 is 9.84 Å². The molecule has 64 valence electrons. The summed E-state index contributed by atoms with van der Waals surface area (Å²) in [4.78, 5) is 0. The van der Waals surface area contributed by atoms with Crippen LogP contribution in [-0.4, -0.2) is 13.1 Å². The van der Waals surface area contributed by atoms with Gasteiger partial charge in [0, 0.05) is 11.7 Å². The maximum absolute atomic E-state index is 10.7. The lowest BCUT2D eigenvalue weighted by atomic mass is 10.3. The Morgan fingerprint density at radius 1 is 1.45 bits per heavy atom. The van der Waals surface area contributed by atoms with Gasteiger partial charge in [-0.3, -0.25) is 0 Å². The molecule has 0 heterocycles. The molecule has 0 spiro atoms. The summed E-state index contributed by atoms with van der Waals surface area (Å²) < 4.78 is 21.4. The number of alkyl halides is 1. The summed E-state index contributed by atoms with van der Waals surface area (Å²) >= 11 is 2.85. The first-order valence-electron chi connectivity index (χ1n) is 3.40. The Morgan fingerprint density at radius 2 is 2.09 bits per heavy atom. The SMILES string of the molecule is CCCCC#CS(=O)(=O)CBr. The quantitative estimate of drug-likeness (QED) is 0.326. The van der Waals surface area contributed by atoms with Crippen LogP contribution >= 0.6 is 15.9 Å². The van der Waals surface area contributed by atoms with Gasteiger partial charge in [0.1, 0.15) is 4.66 Å². The zero-order chi connectivity index (χ0) is 8.74. The molecule has 0 aliphatic rings. The molecule has 0 radical (unpaired) electrons. The molecule has 2 nitrogen and oxygen atoms in total. The minimum Gasteiger partial charge on any atom is -0.215 e. The third-order valence-corrected chi connectivity index (χ3v) is 3.58. The summed E-state index contributed by atoms with van der Waals surface area (Å²) in [6, 6.07) is 0. The van der Waals surface area contributed by atoms with Gasteiger partial charge < -0.3 is 0 Å². The highest BCUT2D eigenvalue weighted by Crippen LogP contribution is 1.95. The van der Waals surface area contributed by atoms with Crippen molar-refractivity contribution in [3.05, 3.63) is 0 Å². The lowest BCUT2D eigenvalue weighted by Crippen LogP contribution is -1.94. The van der Waals surface area contributed by atoms with Gasteiger partial charge in [-0.15, -0.1) is 0 Å². The Balaban J connectivity index is 3.88. The van der Waals surface area contributed by atoms with Crippen LogP contribution in [0.1, 0.15) is 26.2 Å². The van der Waals surface area contributed by atoms with Gasteiger partial charge in [0.15, 0.2) is 0 Å². The molecule has 0 aliphatic carbocycles. The standard InChI is InChI=1S/C7H11BrO2S/c1-2-3-4-5-6-11(9,10)7-8/h2-4,7H2,1H3. The number of hydrogen-bond acceptors (Lipinski definition) is 2. The summed E-state index contributed by atoms with van der Waals surface area (Å²) in [6.45, 7) is 2.04. The number of halogens is 1. The van der Waals surface area contributed by atoms with Gasteiger partial charge >= 0.3 is 0 Å². The van der Waals surface area contributed by atoms with Crippen molar-refractivity contribution in [3.63, 3.8) is 0 Å². The molecule has 0 aromatic heterocycles. The molecule has 11 heavy (non-hydrogen) atoms. The van der Waals surface area contributed by atoms with E-state index in [1.165, 1.54) is 0 Å². The molecular weight excluding hydrogens is 228 g/mol. The molecule has 0 amide bonds. The first-order chi connectivity index (χ1) is 5.12. The minimum atomic E-state index is -3.14. The fraction of sp³-hybridized carbons (Fsp3) is 0.714. The van der Waals surface area contributed by atoms with Gasteiger partial charge in [-0.1, -0.05) is 35.2 Å². The first-order valence-corrected chi connectivity index (χ1v) is 6.18. The van der Waals surface area contributed by atoms with Gasteiger partial charge in [-0.05, 0) is 6.42 Å². The molecule has 0 bridgehead atoms. The summed E-state index contributed by atoms with van der Waals surface area (Å²) in [7, 11) is -3.14. The third kappa shape index (κ3) is 6.39. The zero-order valence-electron chi connectivity index (χ0n) is 6.43. The molecule has 0 fully saturated rings. The van der Waals surface area contributed by atoms with Crippen molar-refractivity contribution in [2.45, 2.75) is 26.2 Å². The Kier molecular flexibility index (Phi) is 5.61. The van der Waals surface area contributed by atoms with E-state index in [0.717, 1.165) is 12.8 Å². The van der Waals surface area contributed by atoms with E-state index in [2.05, 4.69) is 27.1 Å². The molecule has 0 unspecified atom stereocenters. The number of hydrogen-bond donors (Lipinski definition) is 0. The molecule has 0 aliphatic heterocycles. The molecule has 0 atom stereocenters. The van der Waals surface area contributed by atoms with Crippen LogP contribution in [0.2, 0.25) is 0 Å². The number of unbranched alkanes of at least 4 members (excludes halogenated alkanes) is 2. The second-order valence-electron chi connectivity index (χ2n) is 2.11. The Hall–Kier alpha value is -0.0100. The average molecular weight is 239 g/mol. The number of rotatable bonds is 3. The predicted octanol–water partition coefficient (Wildman–Crippen LogP) is 1.90. The maximum atomic E-state index is 10.7. The average Bonchev–Trinajstić information content (AvgIpc) is 1.99. The van der Waals surface area contributed by atoms with E-state index in [1.54, 1.807) is 0 Å². The van der Waals surface area contributed by atoms with Crippen molar-refractivity contribution in [1.29, 1.82) is 0 Å². The van der Waals surface area contributed by atoms with E-state index in [-0.39, 0.29) is 4.66 Å². The van der Waals surface area contributed by atoms with Crippen molar-refractivity contribution in [2.24, 2.45) is 0 Å². The van der Waals surface area contributed by atoms with Gasteiger partial charge in [0.25, 0.3) is 0 Å². The molecule has 0 saturated heterocycles. The highest BCUT2D eigenvalue weighted by molar-refractivity contribution is 9.10. The third-order valence-electron chi connectivity index (χ3n) is 1.03. The van der Waals surface area contributed by atoms with Gasteiger partial charge in [-0.25, -0.2) is 8.42 Å². The van der Waals surface area contributed by atoms with Gasteiger partial charge in [-0.2, -0.15) is 0 Å². The van der Waals surface area contributed by atoms with E-state index in [4.69, 9.17) is 0 Å². The summed E-state index contributed by atoms with van der Waals surface area (Å²) in [5, 5.41) is 2.22. The Bertz CT molecular complexity index is 245. The second kappa shape index (κ2) is 5.62. The van der Waals surface area contributed by atoms with Crippen LogP contribution in [0.25, 0.3) is 0 Å². The molecule has 0 N–H and O–H groups in total. The van der Waals surface area contributed by atoms with Crippen LogP contribution in [0.3, 0.4) is 0 Å². The van der Waals surface area contributed by atoms with Crippen molar-refractivity contribution < 1.29 is 8.42 Å². The predicted molar refractivity (Wildman–Crippen MR) is 50.0 cm³/mol. The fourth-order valence-corrected chi connectivity index (χ4v) is 1.17. The van der Waals surface area contributed by atoms with Crippen LogP contribution in [0.5, 0.6) is 0 Å². The van der Waals surface area contributed by atoms with E-state index in [1.807, 2.05) is 6.92 Å². The summed E-state index contributed by atoms with van der Waals surface area (Å²) in [5.41, 5.74) is 0. The normalized spacial score (nSPS) is 10.4. The van der Waals surface area contributed by atoms with Crippen molar-refractivity contribution in [1.82, 2.24) is 0 Å². The molecule has 0 aromatic rings. The topological polar surface area (TPSA) is 34.1 Å². The Labute approximate surface area is 76.4 Å². The lowest BCUT2D eigenvalue weighted by Gasteiger charge is -1.85. The van der Waals surface area contributed by atoms with Gasteiger partial charge in [0.2, 0.25) is 9.84 Å². The molecule has 0 saturated carbocycles. The largest absolute Gasteiger partial charge is 0.226 e.